The normalized spacial score (nSPS) is 20.1. The van der Waals surface area contributed by atoms with E-state index in [-0.39, 0.29) is 12.5 Å². The van der Waals surface area contributed by atoms with Gasteiger partial charge in [-0.05, 0) is 44.0 Å². The highest BCUT2D eigenvalue weighted by Crippen LogP contribution is 2.22. The van der Waals surface area contributed by atoms with Crippen LogP contribution in [0.3, 0.4) is 0 Å². The Kier molecular flexibility index (Phi) is 4.80. The van der Waals surface area contributed by atoms with Gasteiger partial charge in [0.15, 0.2) is 0 Å². The molecule has 0 bridgehead atoms. The van der Waals surface area contributed by atoms with E-state index in [0.717, 1.165) is 26.1 Å². The Bertz CT molecular complexity index is 434. The predicted octanol–water partition coefficient (Wildman–Crippen LogP) is 2.03. The molecule has 0 radical (unpaired) electrons. The second-order valence-electron chi connectivity index (χ2n) is 5.18. The molecule has 1 unspecified atom stereocenters. The van der Waals surface area contributed by atoms with Gasteiger partial charge in [0.2, 0.25) is 0 Å². The summed E-state index contributed by atoms with van der Waals surface area (Å²) >= 11 is 0. The minimum absolute atomic E-state index is 0.231. The maximum Gasteiger partial charge on any atom is 0.303 e. The fourth-order valence-corrected chi connectivity index (χ4v) is 2.63. The fraction of sp³-hybridized carbons (Fsp3) is 0.533. The topological polar surface area (TPSA) is 52.6 Å². The van der Waals surface area contributed by atoms with Crippen molar-refractivity contribution in [1.82, 2.24) is 5.32 Å². The Balaban J connectivity index is 2.14. The predicted molar refractivity (Wildman–Crippen MR) is 76.7 cm³/mol. The van der Waals surface area contributed by atoms with E-state index in [9.17, 15) is 4.79 Å². The van der Waals surface area contributed by atoms with Gasteiger partial charge >= 0.3 is 5.97 Å². The second-order valence-corrected chi connectivity index (χ2v) is 5.18. The summed E-state index contributed by atoms with van der Waals surface area (Å²) < 4.78 is 0. The third kappa shape index (κ3) is 3.96. The standard InChI is InChI=1S/C15H22N2O2/c1-12-4-2-5-13(10-12)17-9-3-8-16-11-14(17)6-7-15(18)19/h2,4-5,10,14,16H,3,6-9,11H2,1H3,(H,18,19). The van der Waals surface area contributed by atoms with Gasteiger partial charge in [0.1, 0.15) is 0 Å². The zero-order chi connectivity index (χ0) is 13.7. The Morgan fingerprint density at radius 2 is 2.37 bits per heavy atom. The highest BCUT2D eigenvalue weighted by molar-refractivity contribution is 5.66. The van der Waals surface area contributed by atoms with Gasteiger partial charge in [-0.15, -0.1) is 0 Å². The van der Waals surface area contributed by atoms with Crippen molar-refractivity contribution in [3.05, 3.63) is 29.8 Å². The molecule has 4 heteroatoms. The van der Waals surface area contributed by atoms with Crippen LogP contribution in [0.2, 0.25) is 0 Å². The Hall–Kier alpha value is -1.55. The summed E-state index contributed by atoms with van der Waals surface area (Å²) in [6.07, 6.45) is 2.02. The second kappa shape index (κ2) is 6.57. The number of nitrogens with one attached hydrogen (secondary N) is 1. The number of aliphatic carboxylic acids is 1. The van der Waals surface area contributed by atoms with Crippen LogP contribution in [0, 0.1) is 6.92 Å². The monoisotopic (exact) mass is 262 g/mol. The molecule has 1 aromatic carbocycles. The minimum atomic E-state index is -0.714. The molecular formula is C15H22N2O2. The highest BCUT2D eigenvalue weighted by Gasteiger charge is 2.21. The zero-order valence-electron chi connectivity index (χ0n) is 11.4. The molecule has 0 spiro atoms. The summed E-state index contributed by atoms with van der Waals surface area (Å²) in [4.78, 5) is 13.1. The third-order valence-corrected chi connectivity index (χ3v) is 3.60. The van der Waals surface area contributed by atoms with Gasteiger partial charge in [0.25, 0.3) is 0 Å². The lowest BCUT2D eigenvalue weighted by molar-refractivity contribution is -0.137. The molecule has 0 aromatic heterocycles. The minimum Gasteiger partial charge on any atom is -0.481 e. The van der Waals surface area contributed by atoms with Crippen molar-refractivity contribution < 1.29 is 9.90 Å². The molecule has 1 aliphatic heterocycles. The van der Waals surface area contributed by atoms with E-state index in [1.54, 1.807) is 0 Å². The van der Waals surface area contributed by atoms with Crippen LogP contribution in [-0.2, 0) is 4.79 Å². The van der Waals surface area contributed by atoms with E-state index >= 15 is 0 Å². The van der Waals surface area contributed by atoms with Gasteiger partial charge in [-0.3, -0.25) is 4.79 Å². The van der Waals surface area contributed by atoms with Crippen LogP contribution in [0.15, 0.2) is 24.3 Å². The van der Waals surface area contributed by atoms with Crippen molar-refractivity contribution in [2.45, 2.75) is 32.2 Å². The van der Waals surface area contributed by atoms with Crippen LogP contribution in [-0.4, -0.2) is 36.8 Å². The number of hydrogen-bond donors (Lipinski definition) is 2. The van der Waals surface area contributed by atoms with Crippen molar-refractivity contribution >= 4 is 11.7 Å². The number of carboxylic acids is 1. The van der Waals surface area contributed by atoms with E-state index < -0.39 is 5.97 Å². The van der Waals surface area contributed by atoms with Crippen LogP contribution in [0.25, 0.3) is 0 Å². The van der Waals surface area contributed by atoms with E-state index in [1.165, 1.54) is 11.3 Å². The Morgan fingerprint density at radius 3 is 3.11 bits per heavy atom. The molecule has 0 amide bonds. The quantitative estimate of drug-likeness (QED) is 0.871. The molecule has 2 rings (SSSR count). The van der Waals surface area contributed by atoms with Crippen molar-refractivity contribution in [1.29, 1.82) is 0 Å². The van der Waals surface area contributed by atoms with Gasteiger partial charge in [0.05, 0.1) is 0 Å². The largest absolute Gasteiger partial charge is 0.481 e. The first-order valence-corrected chi connectivity index (χ1v) is 6.92. The van der Waals surface area contributed by atoms with E-state index in [2.05, 4.69) is 41.4 Å². The van der Waals surface area contributed by atoms with Crippen molar-refractivity contribution in [3.63, 3.8) is 0 Å². The summed E-state index contributed by atoms with van der Waals surface area (Å²) in [5, 5.41) is 12.3. The maximum absolute atomic E-state index is 10.8. The summed E-state index contributed by atoms with van der Waals surface area (Å²) in [6, 6.07) is 8.72. The first-order chi connectivity index (χ1) is 9.16. The molecule has 104 valence electrons. The SMILES string of the molecule is Cc1cccc(N2CCCNCC2CCC(=O)O)c1. The van der Waals surface area contributed by atoms with E-state index in [4.69, 9.17) is 5.11 Å². The smallest absolute Gasteiger partial charge is 0.303 e. The summed E-state index contributed by atoms with van der Waals surface area (Å²) in [5.74, 6) is -0.714. The Labute approximate surface area is 114 Å². The first-order valence-electron chi connectivity index (χ1n) is 6.92. The van der Waals surface area contributed by atoms with Crippen LogP contribution in [0.4, 0.5) is 5.69 Å². The summed E-state index contributed by atoms with van der Waals surface area (Å²) in [6.45, 7) is 4.94. The average Bonchev–Trinajstić information content (AvgIpc) is 2.61. The van der Waals surface area contributed by atoms with Crippen LogP contribution >= 0.6 is 0 Å². The summed E-state index contributed by atoms with van der Waals surface area (Å²) in [7, 11) is 0. The molecule has 1 aromatic rings. The van der Waals surface area contributed by atoms with E-state index in [1.807, 2.05) is 0 Å². The molecule has 2 N–H and O–H groups in total. The number of carbonyl (C=O) groups is 1. The number of hydrogen-bond acceptors (Lipinski definition) is 3. The van der Waals surface area contributed by atoms with Gasteiger partial charge in [-0.1, -0.05) is 12.1 Å². The van der Waals surface area contributed by atoms with Gasteiger partial charge in [0, 0.05) is 31.2 Å². The molecule has 1 fully saturated rings. The Morgan fingerprint density at radius 1 is 1.53 bits per heavy atom. The van der Waals surface area contributed by atoms with Gasteiger partial charge < -0.3 is 15.3 Å². The van der Waals surface area contributed by atoms with Crippen molar-refractivity contribution in [2.75, 3.05) is 24.5 Å². The molecule has 1 heterocycles. The van der Waals surface area contributed by atoms with Crippen LogP contribution in [0.1, 0.15) is 24.8 Å². The number of rotatable bonds is 4. The van der Waals surface area contributed by atoms with Gasteiger partial charge in [-0.2, -0.15) is 0 Å². The first kappa shape index (κ1) is 13.9. The van der Waals surface area contributed by atoms with Crippen LogP contribution < -0.4 is 10.2 Å². The lowest BCUT2D eigenvalue weighted by atomic mass is 10.1. The lowest BCUT2D eigenvalue weighted by Crippen LogP contribution is -2.40. The number of benzene rings is 1. The summed E-state index contributed by atoms with van der Waals surface area (Å²) in [5.41, 5.74) is 2.45. The molecule has 19 heavy (non-hydrogen) atoms. The van der Waals surface area contributed by atoms with E-state index in [0.29, 0.717) is 6.42 Å². The number of nitrogens with zero attached hydrogens (tertiary/aromatic N) is 1. The molecule has 1 saturated heterocycles. The van der Waals surface area contributed by atoms with Crippen molar-refractivity contribution in [2.24, 2.45) is 0 Å². The number of carboxylic acid groups (broad SMARTS) is 1. The average molecular weight is 262 g/mol. The fourth-order valence-electron chi connectivity index (χ4n) is 2.63. The molecule has 1 atom stereocenters. The molecule has 0 aliphatic carbocycles. The molecular weight excluding hydrogens is 240 g/mol. The highest BCUT2D eigenvalue weighted by atomic mass is 16.4. The van der Waals surface area contributed by atoms with Crippen LogP contribution in [0.5, 0.6) is 0 Å². The lowest BCUT2D eigenvalue weighted by Gasteiger charge is -2.32. The molecule has 0 saturated carbocycles. The zero-order valence-corrected chi connectivity index (χ0v) is 11.4. The molecule has 4 nitrogen and oxygen atoms in total. The van der Waals surface area contributed by atoms with Gasteiger partial charge in [-0.25, -0.2) is 0 Å². The number of aryl methyl sites for hydroxylation is 1. The maximum atomic E-state index is 10.8. The third-order valence-electron chi connectivity index (χ3n) is 3.60. The number of anilines is 1. The van der Waals surface area contributed by atoms with Crippen molar-refractivity contribution in [3.8, 4) is 0 Å². The molecule has 1 aliphatic rings.